The van der Waals surface area contributed by atoms with Crippen LogP contribution in [0.1, 0.15) is 56.9 Å². The molecule has 1 atom stereocenters. The smallest absolute Gasteiger partial charge is 0.336 e. The predicted molar refractivity (Wildman–Crippen MR) is 152 cm³/mol. The molecular formula is C31H28N2O4S. The van der Waals surface area contributed by atoms with Crippen molar-refractivity contribution in [3.05, 3.63) is 125 Å². The Labute approximate surface area is 226 Å². The largest absolute Gasteiger partial charge is 0.478 e. The molecule has 0 radical (unpaired) electrons. The number of carboxylic acid groups (broad SMARTS) is 1. The second kappa shape index (κ2) is 12.3. The van der Waals surface area contributed by atoms with Crippen molar-refractivity contribution in [3.63, 3.8) is 0 Å². The fraction of sp³-hybridized carbons (Fsp3) is 0.129. The molecule has 0 bridgehead atoms. The van der Waals surface area contributed by atoms with Crippen LogP contribution in [0.15, 0.2) is 108 Å². The summed E-state index contributed by atoms with van der Waals surface area (Å²) >= 11 is 1.41. The fourth-order valence-electron chi connectivity index (χ4n) is 3.88. The lowest BCUT2D eigenvalue weighted by Gasteiger charge is -2.18. The third kappa shape index (κ3) is 6.69. The van der Waals surface area contributed by atoms with Crippen LogP contribution in [0.2, 0.25) is 0 Å². The summed E-state index contributed by atoms with van der Waals surface area (Å²) in [4.78, 5) is 38.3. The van der Waals surface area contributed by atoms with E-state index >= 15 is 0 Å². The number of carbonyl (C=O) groups is 3. The normalized spacial score (nSPS) is 11.6. The standard InChI is InChI=1S/C31H28N2O4S/c1-20(2)21-12-14-23(15-13-21)33-30(35)28(22-8-4-3-5-9-22)38-25-18-16-24(17-19-25)32-29(34)26-10-6-7-11-27(26)31(36)37/h3-20,28H,1-2H3,(H,32,34)(H,33,35)(H,36,37). The average Bonchev–Trinajstić information content (AvgIpc) is 2.93. The van der Waals surface area contributed by atoms with E-state index in [1.54, 1.807) is 24.3 Å². The minimum atomic E-state index is -1.16. The highest BCUT2D eigenvalue weighted by Crippen LogP contribution is 2.37. The number of hydrogen-bond donors (Lipinski definition) is 3. The number of aromatic carboxylic acids is 1. The fourth-order valence-corrected chi connectivity index (χ4v) is 4.90. The summed E-state index contributed by atoms with van der Waals surface area (Å²) in [6.45, 7) is 4.25. The third-order valence-electron chi connectivity index (χ3n) is 5.95. The Morgan fingerprint density at radius 2 is 1.21 bits per heavy atom. The second-order valence-corrected chi connectivity index (χ2v) is 10.2. The van der Waals surface area contributed by atoms with E-state index in [-0.39, 0.29) is 17.0 Å². The van der Waals surface area contributed by atoms with E-state index in [1.807, 2.05) is 66.7 Å². The average molecular weight is 525 g/mol. The Balaban J connectivity index is 1.49. The van der Waals surface area contributed by atoms with Crippen LogP contribution in [-0.4, -0.2) is 22.9 Å². The number of carboxylic acids is 1. The monoisotopic (exact) mass is 524 g/mol. The van der Waals surface area contributed by atoms with Gasteiger partial charge in [0.05, 0.1) is 11.1 Å². The number of nitrogens with one attached hydrogen (secondary N) is 2. The van der Waals surface area contributed by atoms with Crippen LogP contribution in [0.5, 0.6) is 0 Å². The van der Waals surface area contributed by atoms with Gasteiger partial charge in [-0.25, -0.2) is 4.79 Å². The zero-order valence-corrected chi connectivity index (χ0v) is 21.9. The van der Waals surface area contributed by atoms with E-state index in [1.165, 1.54) is 29.5 Å². The molecule has 6 nitrogen and oxygen atoms in total. The lowest BCUT2D eigenvalue weighted by atomic mass is 10.0. The topological polar surface area (TPSA) is 95.5 Å². The number of thioether (sulfide) groups is 1. The molecule has 0 spiro atoms. The van der Waals surface area contributed by atoms with Gasteiger partial charge in [-0.15, -0.1) is 11.8 Å². The molecule has 4 aromatic rings. The first-order valence-electron chi connectivity index (χ1n) is 12.2. The Morgan fingerprint density at radius 1 is 0.658 bits per heavy atom. The molecule has 192 valence electrons. The van der Waals surface area contributed by atoms with Gasteiger partial charge in [0.25, 0.3) is 5.91 Å². The number of benzene rings is 4. The first-order valence-corrected chi connectivity index (χ1v) is 13.1. The van der Waals surface area contributed by atoms with E-state index in [0.29, 0.717) is 11.6 Å². The van der Waals surface area contributed by atoms with Gasteiger partial charge in [-0.3, -0.25) is 9.59 Å². The van der Waals surface area contributed by atoms with Crippen molar-refractivity contribution in [2.45, 2.75) is 29.9 Å². The van der Waals surface area contributed by atoms with Crippen LogP contribution >= 0.6 is 11.8 Å². The van der Waals surface area contributed by atoms with Crippen LogP contribution in [0.3, 0.4) is 0 Å². The van der Waals surface area contributed by atoms with E-state index in [9.17, 15) is 19.5 Å². The molecule has 3 N–H and O–H groups in total. The Kier molecular flexibility index (Phi) is 8.61. The zero-order valence-electron chi connectivity index (χ0n) is 21.0. The molecule has 0 fully saturated rings. The maximum atomic E-state index is 13.4. The number of amides is 2. The second-order valence-electron chi connectivity index (χ2n) is 9.00. The molecule has 4 rings (SSSR count). The minimum Gasteiger partial charge on any atom is -0.478 e. The number of hydrogen-bond acceptors (Lipinski definition) is 4. The highest BCUT2D eigenvalue weighted by molar-refractivity contribution is 8.00. The van der Waals surface area contributed by atoms with Gasteiger partial charge in [-0.2, -0.15) is 0 Å². The van der Waals surface area contributed by atoms with Gasteiger partial charge in [-0.1, -0.05) is 68.4 Å². The summed E-state index contributed by atoms with van der Waals surface area (Å²) < 4.78 is 0. The SMILES string of the molecule is CC(C)c1ccc(NC(=O)C(Sc2ccc(NC(=O)c3ccccc3C(=O)O)cc2)c2ccccc2)cc1. The van der Waals surface area contributed by atoms with Crippen LogP contribution < -0.4 is 10.6 Å². The molecule has 38 heavy (non-hydrogen) atoms. The molecular weight excluding hydrogens is 496 g/mol. The van der Waals surface area contributed by atoms with Crippen molar-refractivity contribution >= 4 is 40.9 Å². The molecule has 4 aromatic carbocycles. The summed E-state index contributed by atoms with van der Waals surface area (Å²) in [5.41, 5.74) is 3.35. The highest BCUT2D eigenvalue weighted by atomic mass is 32.2. The molecule has 0 aliphatic heterocycles. The lowest BCUT2D eigenvalue weighted by Crippen LogP contribution is -2.19. The quantitative estimate of drug-likeness (QED) is 0.201. The van der Waals surface area contributed by atoms with Crippen LogP contribution in [0, 0.1) is 0 Å². The van der Waals surface area contributed by atoms with E-state index < -0.39 is 17.1 Å². The first kappa shape index (κ1) is 26.7. The molecule has 0 heterocycles. The zero-order chi connectivity index (χ0) is 27.1. The Morgan fingerprint density at radius 3 is 1.82 bits per heavy atom. The molecule has 7 heteroatoms. The van der Waals surface area contributed by atoms with E-state index in [0.717, 1.165) is 16.1 Å². The summed E-state index contributed by atoms with van der Waals surface area (Å²) in [6.07, 6.45) is 0. The molecule has 0 saturated heterocycles. The minimum absolute atomic E-state index is 0.0623. The van der Waals surface area contributed by atoms with Crippen molar-refractivity contribution in [3.8, 4) is 0 Å². The number of anilines is 2. The summed E-state index contributed by atoms with van der Waals surface area (Å²) in [5, 5.41) is 14.6. The Hall–Kier alpha value is -4.36. The summed E-state index contributed by atoms with van der Waals surface area (Å²) in [6, 6.07) is 30.6. The van der Waals surface area contributed by atoms with Crippen molar-refractivity contribution in [1.82, 2.24) is 0 Å². The molecule has 0 aromatic heterocycles. The lowest BCUT2D eigenvalue weighted by molar-refractivity contribution is -0.115. The van der Waals surface area contributed by atoms with Crippen molar-refractivity contribution in [2.24, 2.45) is 0 Å². The van der Waals surface area contributed by atoms with Crippen molar-refractivity contribution in [2.75, 3.05) is 10.6 Å². The maximum Gasteiger partial charge on any atom is 0.336 e. The van der Waals surface area contributed by atoms with E-state index in [4.69, 9.17) is 0 Å². The molecule has 2 amide bonds. The van der Waals surface area contributed by atoms with E-state index in [2.05, 4.69) is 24.5 Å². The van der Waals surface area contributed by atoms with Gasteiger partial charge in [0.15, 0.2) is 0 Å². The summed E-state index contributed by atoms with van der Waals surface area (Å²) in [7, 11) is 0. The maximum absolute atomic E-state index is 13.4. The van der Waals surface area contributed by atoms with Crippen molar-refractivity contribution in [1.29, 1.82) is 0 Å². The Bertz CT molecular complexity index is 1420. The molecule has 0 aliphatic carbocycles. The number of carbonyl (C=O) groups excluding carboxylic acids is 2. The van der Waals surface area contributed by atoms with Gasteiger partial charge >= 0.3 is 5.97 Å². The third-order valence-corrected chi connectivity index (χ3v) is 7.22. The van der Waals surface area contributed by atoms with Crippen LogP contribution in [0.4, 0.5) is 11.4 Å². The van der Waals surface area contributed by atoms with Gasteiger partial charge < -0.3 is 15.7 Å². The highest BCUT2D eigenvalue weighted by Gasteiger charge is 2.22. The van der Waals surface area contributed by atoms with Crippen LogP contribution in [-0.2, 0) is 4.79 Å². The molecule has 1 unspecified atom stereocenters. The van der Waals surface area contributed by atoms with Gasteiger partial charge in [0.1, 0.15) is 5.25 Å². The summed E-state index contributed by atoms with van der Waals surface area (Å²) in [5.74, 6) is -1.40. The first-order chi connectivity index (χ1) is 18.3. The van der Waals surface area contributed by atoms with Gasteiger partial charge in [0, 0.05) is 16.3 Å². The van der Waals surface area contributed by atoms with Gasteiger partial charge in [-0.05, 0) is 65.6 Å². The number of rotatable bonds is 9. The van der Waals surface area contributed by atoms with Crippen LogP contribution in [0.25, 0.3) is 0 Å². The molecule has 0 saturated carbocycles. The van der Waals surface area contributed by atoms with Crippen molar-refractivity contribution < 1.29 is 19.5 Å². The van der Waals surface area contributed by atoms with Gasteiger partial charge in [0.2, 0.25) is 5.91 Å². The molecule has 0 aliphatic rings. The predicted octanol–water partition coefficient (Wildman–Crippen LogP) is 7.23.